The summed E-state index contributed by atoms with van der Waals surface area (Å²) in [5, 5.41) is 3.11. The maximum atomic E-state index is 12.4. The van der Waals surface area contributed by atoms with Crippen molar-refractivity contribution in [1.82, 2.24) is 10.2 Å². The van der Waals surface area contributed by atoms with Gasteiger partial charge < -0.3 is 19.7 Å². The number of hydrogen-bond acceptors (Lipinski definition) is 5. The van der Waals surface area contributed by atoms with Crippen LogP contribution >= 0.6 is 11.6 Å². The van der Waals surface area contributed by atoms with Crippen LogP contribution in [0.5, 0.6) is 0 Å². The molecule has 0 unspecified atom stereocenters. The summed E-state index contributed by atoms with van der Waals surface area (Å²) in [6, 6.07) is 6.51. The van der Waals surface area contributed by atoms with E-state index in [0.717, 1.165) is 5.56 Å². The number of alkyl carbamates (subject to hydrolysis) is 1. The molecule has 0 saturated carbocycles. The van der Waals surface area contributed by atoms with Gasteiger partial charge in [-0.3, -0.25) is 4.79 Å². The number of hydrogen-bond donors (Lipinski definition) is 1. The lowest BCUT2D eigenvalue weighted by Gasteiger charge is -2.23. The first-order valence-electron chi connectivity index (χ1n) is 9.07. The molecule has 7 nitrogen and oxygen atoms in total. The topological polar surface area (TPSA) is 84.9 Å². The van der Waals surface area contributed by atoms with E-state index in [2.05, 4.69) is 5.32 Å². The first kappa shape index (κ1) is 23.8. The van der Waals surface area contributed by atoms with Crippen molar-refractivity contribution in [1.29, 1.82) is 0 Å². The number of nitrogens with one attached hydrogen (secondary N) is 1. The fraction of sp³-hybridized carbons (Fsp3) is 0.550. The van der Waals surface area contributed by atoms with Gasteiger partial charge in [0.05, 0.1) is 7.11 Å². The molecule has 0 heterocycles. The molecule has 0 radical (unpaired) electrons. The minimum atomic E-state index is -0.954. The normalized spacial score (nSPS) is 12.1. The van der Waals surface area contributed by atoms with Crippen LogP contribution in [-0.4, -0.2) is 55.2 Å². The number of esters is 1. The number of carbonyl (C=O) groups excluding carboxylic acids is 3. The number of nitrogens with zero attached hydrogens (tertiary/aromatic N) is 1. The highest BCUT2D eigenvalue weighted by atomic mass is 35.5. The number of rotatable bonds is 8. The molecule has 8 heteroatoms. The standard InChI is InChI=1S/C20H29ClN2O5/c1-20(2,3)28-19(26)22-16(18(25)27-5)9-10-17(24)23(4)12-11-14-7-6-8-15(21)13-14/h6-8,13,16H,9-12H2,1-5H3,(H,22,26)/t16-/m0/s1. The molecule has 0 fully saturated rings. The smallest absolute Gasteiger partial charge is 0.408 e. The monoisotopic (exact) mass is 412 g/mol. The van der Waals surface area contributed by atoms with Crippen molar-refractivity contribution >= 4 is 29.6 Å². The number of halogens is 1. The van der Waals surface area contributed by atoms with Gasteiger partial charge in [0.1, 0.15) is 11.6 Å². The highest BCUT2D eigenvalue weighted by Gasteiger charge is 2.26. The van der Waals surface area contributed by atoms with Gasteiger partial charge in [0, 0.05) is 25.0 Å². The number of amides is 2. The van der Waals surface area contributed by atoms with E-state index >= 15 is 0 Å². The molecule has 0 bridgehead atoms. The van der Waals surface area contributed by atoms with Gasteiger partial charge in [0.25, 0.3) is 0 Å². The van der Waals surface area contributed by atoms with Gasteiger partial charge >= 0.3 is 12.1 Å². The van der Waals surface area contributed by atoms with Crippen molar-refractivity contribution < 1.29 is 23.9 Å². The average molecular weight is 413 g/mol. The van der Waals surface area contributed by atoms with Crippen molar-refractivity contribution in [2.45, 2.75) is 51.7 Å². The lowest BCUT2D eigenvalue weighted by molar-refractivity contribution is -0.143. The zero-order valence-corrected chi connectivity index (χ0v) is 17.8. The molecule has 1 N–H and O–H groups in total. The van der Waals surface area contributed by atoms with Gasteiger partial charge in [-0.1, -0.05) is 23.7 Å². The maximum Gasteiger partial charge on any atom is 0.408 e. The SMILES string of the molecule is COC(=O)[C@H](CCC(=O)N(C)CCc1cccc(Cl)c1)NC(=O)OC(C)(C)C. The highest BCUT2D eigenvalue weighted by Crippen LogP contribution is 2.12. The first-order valence-corrected chi connectivity index (χ1v) is 9.45. The van der Waals surface area contributed by atoms with E-state index in [9.17, 15) is 14.4 Å². The Bertz CT molecular complexity index is 687. The average Bonchev–Trinajstić information content (AvgIpc) is 2.60. The molecule has 0 aliphatic rings. The van der Waals surface area contributed by atoms with Crippen molar-refractivity contribution in [2.75, 3.05) is 20.7 Å². The second-order valence-electron chi connectivity index (χ2n) is 7.46. The van der Waals surface area contributed by atoms with E-state index in [0.29, 0.717) is 18.0 Å². The molecule has 0 saturated heterocycles. The van der Waals surface area contributed by atoms with E-state index in [1.807, 2.05) is 18.2 Å². The van der Waals surface area contributed by atoms with Crippen molar-refractivity contribution in [3.05, 3.63) is 34.9 Å². The fourth-order valence-electron chi connectivity index (χ4n) is 2.41. The number of ether oxygens (including phenoxy) is 2. The summed E-state index contributed by atoms with van der Waals surface area (Å²) in [5.74, 6) is -0.762. The van der Waals surface area contributed by atoms with Crippen LogP contribution in [0.3, 0.4) is 0 Å². The Morgan fingerprint density at radius 1 is 1.25 bits per heavy atom. The van der Waals surface area contributed by atoms with Crippen LogP contribution < -0.4 is 5.32 Å². The fourth-order valence-corrected chi connectivity index (χ4v) is 2.63. The van der Waals surface area contributed by atoms with E-state index < -0.39 is 23.7 Å². The summed E-state index contributed by atoms with van der Waals surface area (Å²) < 4.78 is 9.86. The Morgan fingerprint density at radius 2 is 1.93 bits per heavy atom. The van der Waals surface area contributed by atoms with E-state index in [1.54, 1.807) is 38.8 Å². The highest BCUT2D eigenvalue weighted by molar-refractivity contribution is 6.30. The third-order valence-corrected chi connectivity index (χ3v) is 4.11. The minimum absolute atomic E-state index is 0.0849. The van der Waals surface area contributed by atoms with Gasteiger partial charge in [-0.25, -0.2) is 9.59 Å². The van der Waals surface area contributed by atoms with Crippen LogP contribution in [-0.2, 0) is 25.5 Å². The Hall–Kier alpha value is -2.28. The first-order chi connectivity index (χ1) is 13.0. The number of benzene rings is 1. The van der Waals surface area contributed by atoms with Gasteiger partial charge in [-0.2, -0.15) is 0 Å². The van der Waals surface area contributed by atoms with Crippen LogP contribution in [0.15, 0.2) is 24.3 Å². The second kappa shape index (κ2) is 10.9. The van der Waals surface area contributed by atoms with Gasteiger partial charge in [0.2, 0.25) is 5.91 Å². The van der Waals surface area contributed by atoms with Crippen LogP contribution in [0.2, 0.25) is 5.02 Å². The van der Waals surface area contributed by atoms with Gasteiger partial charge in [0.15, 0.2) is 0 Å². The summed E-state index contributed by atoms with van der Waals surface area (Å²) in [6.45, 7) is 5.68. The molecular weight excluding hydrogens is 384 g/mol. The number of carbonyl (C=O) groups is 3. The lowest BCUT2D eigenvalue weighted by atomic mass is 10.1. The predicted molar refractivity (Wildman–Crippen MR) is 107 cm³/mol. The van der Waals surface area contributed by atoms with E-state index in [4.69, 9.17) is 21.1 Å². The predicted octanol–water partition coefficient (Wildman–Crippen LogP) is 3.19. The molecule has 0 aliphatic carbocycles. The minimum Gasteiger partial charge on any atom is -0.467 e. The zero-order chi connectivity index (χ0) is 21.3. The zero-order valence-electron chi connectivity index (χ0n) is 17.1. The largest absolute Gasteiger partial charge is 0.467 e. The summed E-state index contributed by atoms with van der Waals surface area (Å²) >= 11 is 5.96. The Balaban J connectivity index is 2.54. The summed E-state index contributed by atoms with van der Waals surface area (Å²) in [5.41, 5.74) is 0.340. The molecule has 1 aromatic rings. The Labute approximate surface area is 171 Å². The quantitative estimate of drug-likeness (QED) is 0.663. The van der Waals surface area contributed by atoms with Gasteiger partial charge in [-0.15, -0.1) is 0 Å². The van der Waals surface area contributed by atoms with Crippen molar-refractivity contribution in [3.8, 4) is 0 Å². The lowest BCUT2D eigenvalue weighted by Crippen LogP contribution is -2.44. The summed E-state index contributed by atoms with van der Waals surface area (Å²) in [6.07, 6.45) is 0.137. The molecule has 0 aliphatic heterocycles. The third kappa shape index (κ3) is 9.08. The van der Waals surface area contributed by atoms with Crippen molar-refractivity contribution in [3.63, 3.8) is 0 Å². The maximum absolute atomic E-state index is 12.4. The summed E-state index contributed by atoms with van der Waals surface area (Å²) in [4.78, 5) is 37.8. The molecule has 0 aromatic heterocycles. The van der Waals surface area contributed by atoms with E-state index in [-0.39, 0.29) is 18.7 Å². The van der Waals surface area contributed by atoms with Crippen LogP contribution in [0.4, 0.5) is 4.79 Å². The molecule has 1 rings (SSSR count). The molecular formula is C20H29ClN2O5. The molecule has 2 amide bonds. The van der Waals surface area contributed by atoms with Gasteiger partial charge in [-0.05, 0) is 51.3 Å². The van der Waals surface area contributed by atoms with Crippen molar-refractivity contribution in [2.24, 2.45) is 0 Å². The Morgan fingerprint density at radius 3 is 2.50 bits per heavy atom. The van der Waals surface area contributed by atoms with Crippen LogP contribution in [0, 0.1) is 0 Å². The van der Waals surface area contributed by atoms with Crippen LogP contribution in [0.25, 0.3) is 0 Å². The molecule has 1 aromatic carbocycles. The molecule has 0 spiro atoms. The molecule has 28 heavy (non-hydrogen) atoms. The number of methoxy groups -OCH3 is 1. The van der Waals surface area contributed by atoms with Crippen LogP contribution in [0.1, 0.15) is 39.2 Å². The second-order valence-corrected chi connectivity index (χ2v) is 7.89. The van der Waals surface area contributed by atoms with E-state index in [1.165, 1.54) is 7.11 Å². The molecule has 156 valence electrons. The Kier molecular flexibility index (Phi) is 9.25. The number of likely N-dealkylation sites (N-methyl/N-ethyl adjacent to an activating group) is 1. The third-order valence-electron chi connectivity index (χ3n) is 3.87. The summed E-state index contributed by atoms with van der Waals surface area (Å²) in [7, 11) is 2.92. The molecule has 1 atom stereocenters.